The fourth-order valence-electron chi connectivity index (χ4n) is 5.95. The molecule has 0 atom stereocenters. The first-order valence-corrected chi connectivity index (χ1v) is 17.8. The van der Waals surface area contributed by atoms with Gasteiger partial charge in [0.05, 0.1) is 9.79 Å². The van der Waals surface area contributed by atoms with E-state index in [1.54, 1.807) is 20.7 Å². The monoisotopic (exact) mass is 594 g/mol. The van der Waals surface area contributed by atoms with E-state index in [9.17, 15) is 16.8 Å². The van der Waals surface area contributed by atoms with Gasteiger partial charge in [0.25, 0.3) is 0 Å². The summed E-state index contributed by atoms with van der Waals surface area (Å²) in [5.74, 6) is 0.391. The van der Waals surface area contributed by atoms with Crippen molar-refractivity contribution >= 4 is 31.6 Å². The van der Waals surface area contributed by atoms with E-state index >= 15 is 0 Å². The second kappa shape index (κ2) is 13.9. The lowest BCUT2D eigenvalue weighted by Gasteiger charge is -2.30. The molecule has 2 aromatic carbocycles. The van der Waals surface area contributed by atoms with Crippen molar-refractivity contribution in [1.82, 2.24) is 8.61 Å². The van der Waals surface area contributed by atoms with E-state index in [4.69, 9.17) is 11.6 Å². The number of hydrogen-bond acceptors (Lipinski definition) is 4. The van der Waals surface area contributed by atoms with Gasteiger partial charge in [-0.05, 0) is 80.0 Å². The maximum atomic E-state index is 13.9. The van der Waals surface area contributed by atoms with Gasteiger partial charge in [0.2, 0.25) is 20.0 Å². The molecule has 0 N–H and O–H groups in total. The molecule has 0 amide bonds. The van der Waals surface area contributed by atoms with Gasteiger partial charge in [0.15, 0.2) is 0 Å². The molecule has 0 bridgehead atoms. The molecule has 9 heteroatoms. The minimum atomic E-state index is -3.82. The van der Waals surface area contributed by atoms with Crippen LogP contribution in [0.15, 0.2) is 58.3 Å². The van der Waals surface area contributed by atoms with Gasteiger partial charge in [0, 0.05) is 30.7 Å². The van der Waals surface area contributed by atoms with Crippen LogP contribution in [0.1, 0.15) is 89.5 Å². The highest BCUT2D eigenvalue weighted by molar-refractivity contribution is 7.89. The Balaban J connectivity index is 1.57. The second-order valence-corrected chi connectivity index (χ2v) is 15.4. The molecule has 0 aromatic heterocycles. The standard InChI is InChI=1S/C30H43ClN2O4S2/c1-2-3-9-22-32(23-25-10-5-4-6-11-25)38(34,35)29-18-20-30(21-19-29)39(36,37)33(28-12-7-8-13-28)24-26-14-16-27(31)17-15-26/h14-21,25,28H,2-13,22-24H2,1H3. The number of benzene rings is 2. The summed E-state index contributed by atoms with van der Waals surface area (Å²) in [5, 5.41) is 0.609. The van der Waals surface area contributed by atoms with Crippen LogP contribution in [-0.2, 0) is 26.6 Å². The van der Waals surface area contributed by atoms with E-state index in [1.807, 2.05) is 12.1 Å². The molecule has 6 nitrogen and oxygen atoms in total. The van der Waals surface area contributed by atoms with E-state index in [2.05, 4.69) is 6.92 Å². The molecule has 2 aliphatic rings. The molecule has 2 aliphatic carbocycles. The predicted molar refractivity (Wildman–Crippen MR) is 158 cm³/mol. The van der Waals surface area contributed by atoms with Gasteiger partial charge in [-0.2, -0.15) is 8.61 Å². The molecule has 0 aliphatic heterocycles. The van der Waals surface area contributed by atoms with Crippen molar-refractivity contribution < 1.29 is 16.8 Å². The highest BCUT2D eigenvalue weighted by Gasteiger charge is 2.34. The zero-order chi connectivity index (χ0) is 27.9. The highest BCUT2D eigenvalue weighted by Crippen LogP contribution is 2.32. The van der Waals surface area contributed by atoms with Crippen LogP contribution in [0, 0.1) is 5.92 Å². The van der Waals surface area contributed by atoms with Crippen molar-refractivity contribution in [3.05, 3.63) is 59.1 Å². The van der Waals surface area contributed by atoms with E-state index in [0.717, 1.165) is 76.2 Å². The fourth-order valence-corrected chi connectivity index (χ4v) is 9.30. The van der Waals surface area contributed by atoms with Crippen LogP contribution in [-0.4, -0.2) is 44.6 Å². The summed E-state index contributed by atoms with van der Waals surface area (Å²) in [6.45, 7) is 3.42. The van der Waals surface area contributed by atoms with Crippen molar-refractivity contribution in [1.29, 1.82) is 0 Å². The molecular formula is C30H43ClN2O4S2. The van der Waals surface area contributed by atoms with Gasteiger partial charge in [-0.3, -0.25) is 0 Å². The van der Waals surface area contributed by atoms with E-state index in [-0.39, 0.29) is 22.4 Å². The number of unbranched alkanes of at least 4 members (excludes halogenated alkanes) is 2. The Labute approximate surface area is 240 Å². The molecule has 0 spiro atoms. The lowest BCUT2D eigenvalue weighted by Crippen LogP contribution is -2.38. The first-order chi connectivity index (χ1) is 18.7. The molecular weight excluding hydrogens is 552 g/mol. The molecule has 0 unspecified atom stereocenters. The average molecular weight is 595 g/mol. The topological polar surface area (TPSA) is 74.8 Å². The van der Waals surface area contributed by atoms with Crippen LogP contribution in [0.25, 0.3) is 0 Å². The van der Waals surface area contributed by atoms with Gasteiger partial charge in [0.1, 0.15) is 0 Å². The van der Waals surface area contributed by atoms with Crippen LogP contribution in [0.2, 0.25) is 5.02 Å². The van der Waals surface area contributed by atoms with Gasteiger partial charge in [-0.1, -0.05) is 75.6 Å². The SMILES string of the molecule is CCCCCN(CC1CCCCC1)S(=O)(=O)c1ccc(S(=O)(=O)N(Cc2ccc(Cl)cc2)C2CCCC2)cc1. The third-order valence-electron chi connectivity index (χ3n) is 8.25. The smallest absolute Gasteiger partial charge is 0.207 e. The number of sulfonamides is 2. The van der Waals surface area contributed by atoms with Crippen LogP contribution in [0.4, 0.5) is 0 Å². The Morgan fingerprint density at radius 3 is 1.90 bits per heavy atom. The molecule has 0 radical (unpaired) electrons. The van der Waals surface area contributed by atoms with Gasteiger partial charge >= 0.3 is 0 Å². The molecule has 216 valence electrons. The zero-order valence-electron chi connectivity index (χ0n) is 23.1. The fraction of sp³-hybridized carbons (Fsp3) is 0.600. The number of rotatable bonds is 13. The maximum absolute atomic E-state index is 13.9. The van der Waals surface area contributed by atoms with Gasteiger partial charge in [-0.15, -0.1) is 0 Å². The van der Waals surface area contributed by atoms with Crippen molar-refractivity contribution in [2.24, 2.45) is 5.92 Å². The third-order valence-corrected chi connectivity index (χ3v) is 12.3. The van der Waals surface area contributed by atoms with E-state index < -0.39 is 20.0 Å². The summed E-state index contributed by atoms with van der Waals surface area (Å²) < 4.78 is 58.4. The quantitative estimate of drug-likeness (QED) is 0.229. The molecule has 2 aromatic rings. The Kier molecular flexibility index (Phi) is 10.9. The zero-order valence-corrected chi connectivity index (χ0v) is 25.5. The average Bonchev–Trinajstić information content (AvgIpc) is 3.47. The van der Waals surface area contributed by atoms with E-state index in [1.165, 1.54) is 30.7 Å². The van der Waals surface area contributed by atoms with Gasteiger partial charge in [-0.25, -0.2) is 16.8 Å². The lowest BCUT2D eigenvalue weighted by molar-refractivity contribution is 0.276. The van der Waals surface area contributed by atoms with Crippen molar-refractivity contribution in [3.8, 4) is 0 Å². The van der Waals surface area contributed by atoms with Crippen molar-refractivity contribution in [2.75, 3.05) is 13.1 Å². The first-order valence-electron chi connectivity index (χ1n) is 14.6. The second-order valence-electron chi connectivity index (χ2n) is 11.2. The maximum Gasteiger partial charge on any atom is 0.243 e. The number of nitrogens with zero attached hydrogens (tertiary/aromatic N) is 2. The molecule has 0 heterocycles. The Bertz CT molecular complexity index is 1250. The Morgan fingerprint density at radius 2 is 1.31 bits per heavy atom. The minimum Gasteiger partial charge on any atom is -0.207 e. The van der Waals surface area contributed by atoms with Crippen LogP contribution >= 0.6 is 11.6 Å². The molecule has 0 saturated heterocycles. The summed E-state index contributed by atoms with van der Waals surface area (Å²) in [7, 11) is -7.54. The lowest BCUT2D eigenvalue weighted by atomic mass is 9.89. The highest BCUT2D eigenvalue weighted by atomic mass is 35.5. The van der Waals surface area contributed by atoms with Crippen molar-refractivity contribution in [2.45, 2.75) is 106 Å². The Hall–Kier alpha value is -1.45. The summed E-state index contributed by atoms with van der Waals surface area (Å²) in [6.07, 6.45) is 12.2. The van der Waals surface area contributed by atoms with Crippen LogP contribution in [0.5, 0.6) is 0 Å². The first kappa shape index (κ1) is 30.5. The van der Waals surface area contributed by atoms with E-state index in [0.29, 0.717) is 24.0 Å². The van der Waals surface area contributed by atoms with Crippen molar-refractivity contribution in [3.63, 3.8) is 0 Å². The molecule has 2 fully saturated rings. The summed E-state index contributed by atoms with van der Waals surface area (Å²) in [5.41, 5.74) is 0.875. The van der Waals surface area contributed by atoms with Gasteiger partial charge < -0.3 is 0 Å². The summed E-state index contributed by atoms with van der Waals surface area (Å²) in [4.78, 5) is 0.297. The minimum absolute atomic E-state index is 0.0707. The predicted octanol–water partition coefficient (Wildman–Crippen LogP) is 7.23. The molecule has 4 rings (SSSR count). The number of halogens is 1. The molecule has 2 saturated carbocycles. The normalized spacial score (nSPS) is 17.8. The van der Waals surface area contributed by atoms with Crippen LogP contribution < -0.4 is 0 Å². The molecule has 39 heavy (non-hydrogen) atoms. The summed E-state index contributed by atoms with van der Waals surface area (Å²) >= 11 is 6.04. The largest absolute Gasteiger partial charge is 0.243 e. The van der Waals surface area contributed by atoms with Crippen LogP contribution in [0.3, 0.4) is 0 Å². The Morgan fingerprint density at radius 1 is 0.744 bits per heavy atom. The third kappa shape index (κ3) is 7.85. The number of hydrogen-bond donors (Lipinski definition) is 0. The summed E-state index contributed by atoms with van der Waals surface area (Å²) in [6, 6.07) is 13.1.